The molecule has 172 valence electrons. The minimum atomic E-state index is -1.29. The molecule has 9 nitrogen and oxygen atoms in total. The quantitative estimate of drug-likeness (QED) is 0.380. The predicted molar refractivity (Wildman–Crippen MR) is 119 cm³/mol. The van der Waals surface area contributed by atoms with Crippen molar-refractivity contribution >= 4 is 28.9 Å². The zero-order valence-electron chi connectivity index (χ0n) is 17.9. The first-order chi connectivity index (χ1) is 15.6. The Kier molecular flexibility index (Phi) is 6.98. The number of Topliss-reactive ketones (excluding diaryl/α,β-unsaturated/α-hetero) is 1. The van der Waals surface area contributed by atoms with Crippen molar-refractivity contribution in [3.05, 3.63) is 68.3 Å². The number of carbonyl (C=O) groups excluding carboxylic acids is 1. The number of carbonyl (C=O) groups is 2. The molecule has 33 heavy (non-hydrogen) atoms. The standard InChI is InChI=1S/C23H22FN3O6/c1-11(2)20-16(8-7-14(28)9-15(29)10-17(30)31)18(12-3-5-13(24)6-4-12)19-21(25-20)26-23(33)27-22(19)32/h3-8,11,14,28H,9-10H2,1-2H3,(H,30,31)(H2,25,26,27,32,33). The number of aromatic nitrogens is 3. The summed E-state index contributed by atoms with van der Waals surface area (Å²) >= 11 is 0. The van der Waals surface area contributed by atoms with E-state index >= 15 is 0 Å². The number of benzene rings is 1. The maximum Gasteiger partial charge on any atom is 0.327 e. The number of fused-ring (bicyclic) bond motifs is 1. The van der Waals surface area contributed by atoms with Gasteiger partial charge in [-0.05, 0) is 23.6 Å². The average Bonchev–Trinajstić information content (AvgIpc) is 2.71. The first-order valence-electron chi connectivity index (χ1n) is 10.1. The fourth-order valence-electron chi connectivity index (χ4n) is 3.51. The fraction of sp³-hybridized carbons (Fsp3) is 0.261. The van der Waals surface area contributed by atoms with Crippen LogP contribution < -0.4 is 11.2 Å². The van der Waals surface area contributed by atoms with E-state index in [0.29, 0.717) is 22.4 Å². The Morgan fingerprint density at radius 2 is 1.82 bits per heavy atom. The monoisotopic (exact) mass is 455 g/mol. The van der Waals surface area contributed by atoms with E-state index in [4.69, 9.17) is 5.11 Å². The summed E-state index contributed by atoms with van der Waals surface area (Å²) in [5.41, 5.74) is 0.398. The average molecular weight is 455 g/mol. The molecule has 0 saturated carbocycles. The third kappa shape index (κ3) is 5.47. The molecule has 0 aliphatic rings. The molecule has 4 N–H and O–H groups in total. The van der Waals surface area contributed by atoms with Crippen molar-refractivity contribution < 1.29 is 24.2 Å². The highest BCUT2D eigenvalue weighted by Crippen LogP contribution is 2.34. The van der Waals surface area contributed by atoms with E-state index in [-0.39, 0.29) is 17.0 Å². The molecule has 3 rings (SSSR count). The largest absolute Gasteiger partial charge is 0.481 e. The van der Waals surface area contributed by atoms with E-state index < -0.39 is 47.8 Å². The van der Waals surface area contributed by atoms with Gasteiger partial charge in [0, 0.05) is 17.5 Å². The molecule has 0 fully saturated rings. The van der Waals surface area contributed by atoms with Gasteiger partial charge < -0.3 is 10.2 Å². The SMILES string of the molecule is CC(C)c1nc2[nH]c(=O)[nH]c(=O)c2c(-c2ccc(F)cc2)c1C=CC(O)CC(=O)CC(=O)O. The number of H-pyrrole nitrogens is 2. The maximum absolute atomic E-state index is 13.6. The minimum absolute atomic E-state index is 0.0566. The van der Waals surface area contributed by atoms with Crippen molar-refractivity contribution in [1.82, 2.24) is 15.0 Å². The van der Waals surface area contributed by atoms with Gasteiger partial charge in [0.25, 0.3) is 5.56 Å². The van der Waals surface area contributed by atoms with Crippen LogP contribution in [0, 0.1) is 5.82 Å². The first kappa shape index (κ1) is 23.7. The molecule has 3 aromatic rings. The smallest absolute Gasteiger partial charge is 0.327 e. The van der Waals surface area contributed by atoms with Gasteiger partial charge in [-0.25, -0.2) is 14.2 Å². The van der Waals surface area contributed by atoms with E-state index in [9.17, 15) is 28.7 Å². The van der Waals surface area contributed by atoms with Crippen LogP contribution in [-0.4, -0.2) is 43.0 Å². The molecular weight excluding hydrogens is 433 g/mol. The molecule has 0 bridgehead atoms. The number of aromatic amines is 2. The van der Waals surface area contributed by atoms with Gasteiger partial charge in [-0.1, -0.05) is 38.1 Å². The fourth-order valence-corrected chi connectivity index (χ4v) is 3.51. The number of hydrogen-bond acceptors (Lipinski definition) is 6. The second-order valence-corrected chi connectivity index (χ2v) is 7.82. The van der Waals surface area contributed by atoms with Gasteiger partial charge >= 0.3 is 11.7 Å². The van der Waals surface area contributed by atoms with Crippen LogP contribution >= 0.6 is 0 Å². The normalized spacial score (nSPS) is 12.5. The number of aliphatic hydroxyl groups excluding tert-OH is 1. The number of rotatable bonds is 8. The summed E-state index contributed by atoms with van der Waals surface area (Å²) in [6, 6.07) is 5.40. The molecule has 2 heterocycles. The Balaban J connectivity index is 2.25. The van der Waals surface area contributed by atoms with Crippen LogP contribution in [0.25, 0.3) is 28.2 Å². The van der Waals surface area contributed by atoms with Crippen molar-refractivity contribution in [2.75, 3.05) is 0 Å². The molecule has 1 aromatic carbocycles. The highest BCUT2D eigenvalue weighted by molar-refractivity contribution is 5.98. The topological polar surface area (TPSA) is 153 Å². The summed E-state index contributed by atoms with van der Waals surface area (Å²) in [6.45, 7) is 3.69. The molecule has 0 amide bonds. The Morgan fingerprint density at radius 3 is 2.42 bits per heavy atom. The highest BCUT2D eigenvalue weighted by atomic mass is 19.1. The highest BCUT2D eigenvalue weighted by Gasteiger charge is 2.21. The number of aliphatic hydroxyl groups is 1. The van der Waals surface area contributed by atoms with E-state index in [1.165, 1.54) is 36.4 Å². The van der Waals surface area contributed by atoms with Gasteiger partial charge in [-0.2, -0.15) is 0 Å². The lowest BCUT2D eigenvalue weighted by Gasteiger charge is -2.17. The van der Waals surface area contributed by atoms with Crippen molar-refractivity contribution in [1.29, 1.82) is 0 Å². The number of carboxylic acid groups (broad SMARTS) is 1. The number of pyridine rings is 1. The maximum atomic E-state index is 13.6. The molecule has 0 aliphatic carbocycles. The minimum Gasteiger partial charge on any atom is -0.481 e. The number of ketones is 1. The van der Waals surface area contributed by atoms with E-state index in [1.54, 1.807) is 0 Å². The zero-order chi connectivity index (χ0) is 24.3. The Morgan fingerprint density at radius 1 is 1.15 bits per heavy atom. The van der Waals surface area contributed by atoms with Crippen LogP contribution in [0.4, 0.5) is 4.39 Å². The van der Waals surface area contributed by atoms with Crippen LogP contribution in [-0.2, 0) is 9.59 Å². The van der Waals surface area contributed by atoms with Gasteiger partial charge in [0.15, 0.2) is 0 Å². The second kappa shape index (κ2) is 9.70. The number of aliphatic carboxylic acids is 1. The molecule has 0 radical (unpaired) electrons. The van der Waals surface area contributed by atoms with Crippen LogP contribution in [0.3, 0.4) is 0 Å². The Labute approximate surface area is 186 Å². The van der Waals surface area contributed by atoms with Crippen LogP contribution in [0.15, 0.2) is 39.9 Å². The summed E-state index contributed by atoms with van der Waals surface area (Å²) in [7, 11) is 0. The number of halogens is 1. The molecule has 1 unspecified atom stereocenters. The summed E-state index contributed by atoms with van der Waals surface area (Å²) in [5.74, 6) is -2.59. The van der Waals surface area contributed by atoms with Gasteiger partial charge in [-0.3, -0.25) is 24.4 Å². The van der Waals surface area contributed by atoms with E-state index in [1.807, 2.05) is 13.8 Å². The lowest BCUT2D eigenvalue weighted by Crippen LogP contribution is -2.24. The zero-order valence-corrected chi connectivity index (χ0v) is 17.9. The Hall–Kier alpha value is -3.92. The molecule has 10 heteroatoms. The summed E-state index contributed by atoms with van der Waals surface area (Å²) in [6.07, 6.45) is 0.414. The summed E-state index contributed by atoms with van der Waals surface area (Å²) < 4.78 is 13.6. The molecule has 0 saturated heterocycles. The molecular formula is C23H22FN3O6. The number of carboxylic acids is 1. The van der Waals surface area contributed by atoms with Crippen molar-refractivity contribution in [2.45, 2.75) is 38.7 Å². The summed E-state index contributed by atoms with van der Waals surface area (Å²) in [4.78, 5) is 56.1. The van der Waals surface area contributed by atoms with Gasteiger partial charge in [-0.15, -0.1) is 0 Å². The first-order valence-corrected chi connectivity index (χ1v) is 10.1. The van der Waals surface area contributed by atoms with Gasteiger partial charge in [0.2, 0.25) is 0 Å². The third-order valence-electron chi connectivity index (χ3n) is 4.90. The predicted octanol–water partition coefficient (Wildman–Crippen LogP) is 2.35. The number of hydrogen-bond donors (Lipinski definition) is 4. The molecule has 0 spiro atoms. The van der Waals surface area contributed by atoms with Gasteiger partial charge in [0.1, 0.15) is 23.7 Å². The van der Waals surface area contributed by atoms with Crippen molar-refractivity contribution in [3.63, 3.8) is 0 Å². The van der Waals surface area contributed by atoms with Crippen molar-refractivity contribution in [2.24, 2.45) is 0 Å². The molecule has 0 aliphatic heterocycles. The van der Waals surface area contributed by atoms with Crippen molar-refractivity contribution in [3.8, 4) is 11.1 Å². The third-order valence-corrected chi connectivity index (χ3v) is 4.90. The number of nitrogens with one attached hydrogen (secondary N) is 2. The lowest BCUT2D eigenvalue weighted by molar-refractivity contribution is -0.140. The van der Waals surface area contributed by atoms with Crippen LogP contribution in [0.1, 0.15) is 43.9 Å². The van der Waals surface area contributed by atoms with E-state index in [2.05, 4.69) is 15.0 Å². The molecule has 2 aromatic heterocycles. The van der Waals surface area contributed by atoms with Crippen LogP contribution in [0.2, 0.25) is 0 Å². The van der Waals surface area contributed by atoms with Crippen LogP contribution in [0.5, 0.6) is 0 Å². The Bertz CT molecular complexity index is 1360. The number of nitrogens with zero attached hydrogens (tertiary/aromatic N) is 1. The summed E-state index contributed by atoms with van der Waals surface area (Å²) in [5, 5.41) is 19.0. The van der Waals surface area contributed by atoms with E-state index in [0.717, 1.165) is 0 Å². The second-order valence-electron chi connectivity index (χ2n) is 7.82. The lowest BCUT2D eigenvalue weighted by atomic mass is 9.91. The molecule has 1 atom stereocenters. The van der Waals surface area contributed by atoms with Gasteiger partial charge in [0.05, 0.1) is 17.2 Å².